The van der Waals surface area contributed by atoms with E-state index in [9.17, 15) is 9.59 Å². The summed E-state index contributed by atoms with van der Waals surface area (Å²) in [5.41, 5.74) is 3.12. The van der Waals surface area contributed by atoms with Gasteiger partial charge in [0.2, 0.25) is 12.7 Å². The molecular formula is C21H21N3O4. The molecule has 2 aliphatic heterocycles. The fraction of sp³-hybridized carbons (Fsp3) is 0.286. The standard InChI is InChI=1S/C21H21N3O4/c1-14-3-2-4-16(11-14)24-20(25)8-6-17(23-24)21(26)22-10-9-15-5-7-18-19(12-15)28-13-27-18/h2-5,7,11-12H,6,8-10,13H2,1H3,(H,22,26). The fourth-order valence-corrected chi connectivity index (χ4v) is 3.20. The first-order valence-corrected chi connectivity index (χ1v) is 9.24. The minimum absolute atomic E-state index is 0.109. The van der Waals surface area contributed by atoms with Crippen molar-refractivity contribution < 1.29 is 19.1 Å². The number of hydrazone groups is 1. The second-order valence-corrected chi connectivity index (χ2v) is 6.78. The largest absolute Gasteiger partial charge is 0.454 e. The quantitative estimate of drug-likeness (QED) is 0.866. The molecule has 0 atom stereocenters. The smallest absolute Gasteiger partial charge is 0.267 e. The molecule has 2 aliphatic rings. The minimum Gasteiger partial charge on any atom is -0.454 e. The Morgan fingerprint density at radius 2 is 2.00 bits per heavy atom. The molecule has 0 aromatic heterocycles. The average Bonchev–Trinajstić information content (AvgIpc) is 3.16. The maximum absolute atomic E-state index is 12.5. The van der Waals surface area contributed by atoms with Gasteiger partial charge < -0.3 is 14.8 Å². The zero-order valence-electron chi connectivity index (χ0n) is 15.6. The van der Waals surface area contributed by atoms with Crippen LogP contribution in [0, 0.1) is 6.92 Å². The average molecular weight is 379 g/mol. The maximum atomic E-state index is 12.5. The van der Waals surface area contributed by atoms with Crippen LogP contribution in [0.5, 0.6) is 11.5 Å². The summed E-state index contributed by atoms with van der Waals surface area (Å²) in [5, 5.41) is 8.51. The molecule has 0 unspecified atom stereocenters. The molecule has 2 aromatic carbocycles. The second-order valence-electron chi connectivity index (χ2n) is 6.78. The van der Waals surface area contributed by atoms with Gasteiger partial charge in [0.1, 0.15) is 5.71 Å². The van der Waals surface area contributed by atoms with Crippen LogP contribution in [-0.2, 0) is 16.0 Å². The monoisotopic (exact) mass is 379 g/mol. The van der Waals surface area contributed by atoms with Gasteiger partial charge in [-0.2, -0.15) is 5.10 Å². The van der Waals surface area contributed by atoms with Crippen molar-refractivity contribution >= 4 is 23.2 Å². The number of hydrogen-bond acceptors (Lipinski definition) is 5. The summed E-state index contributed by atoms with van der Waals surface area (Å²) < 4.78 is 10.7. The Hall–Kier alpha value is -3.35. The fourth-order valence-electron chi connectivity index (χ4n) is 3.20. The highest BCUT2D eigenvalue weighted by Crippen LogP contribution is 2.32. The van der Waals surface area contributed by atoms with Gasteiger partial charge in [-0.25, -0.2) is 5.01 Å². The van der Waals surface area contributed by atoms with Crippen molar-refractivity contribution in [1.29, 1.82) is 0 Å². The summed E-state index contributed by atoms with van der Waals surface area (Å²) >= 11 is 0. The molecule has 0 bridgehead atoms. The maximum Gasteiger partial charge on any atom is 0.267 e. The van der Waals surface area contributed by atoms with Gasteiger partial charge in [-0.05, 0) is 48.7 Å². The van der Waals surface area contributed by atoms with E-state index in [2.05, 4.69) is 10.4 Å². The van der Waals surface area contributed by atoms with E-state index in [0.717, 1.165) is 22.6 Å². The lowest BCUT2D eigenvalue weighted by molar-refractivity contribution is -0.118. The van der Waals surface area contributed by atoms with E-state index in [1.54, 1.807) is 0 Å². The van der Waals surface area contributed by atoms with Gasteiger partial charge in [-0.1, -0.05) is 18.2 Å². The molecule has 0 fully saturated rings. The number of carbonyl (C=O) groups excluding carboxylic acids is 2. The molecule has 0 radical (unpaired) electrons. The predicted molar refractivity (Wildman–Crippen MR) is 105 cm³/mol. The number of hydrogen-bond donors (Lipinski definition) is 1. The van der Waals surface area contributed by atoms with Gasteiger partial charge in [0.05, 0.1) is 5.69 Å². The minimum atomic E-state index is -0.245. The molecule has 2 heterocycles. The molecular weight excluding hydrogens is 358 g/mol. The summed E-state index contributed by atoms with van der Waals surface area (Å²) in [5.74, 6) is 1.12. The highest BCUT2D eigenvalue weighted by molar-refractivity contribution is 6.40. The number of benzene rings is 2. The van der Waals surface area contributed by atoms with Crippen molar-refractivity contribution in [3.8, 4) is 11.5 Å². The van der Waals surface area contributed by atoms with Crippen LogP contribution in [0.15, 0.2) is 47.6 Å². The lowest BCUT2D eigenvalue weighted by Gasteiger charge is -2.23. The van der Waals surface area contributed by atoms with Gasteiger partial charge in [0.25, 0.3) is 5.91 Å². The molecule has 144 valence electrons. The van der Waals surface area contributed by atoms with Crippen molar-refractivity contribution in [2.24, 2.45) is 5.10 Å². The van der Waals surface area contributed by atoms with Crippen LogP contribution in [0.2, 0.25) is 0 Å². The van der Waals surface area contributed by atoms with Crippen LogP contribution < -0.4 is 19.8 Å². The topological polar surface area (TPSA) is 80.2 Å². The number of nitrogens with zero attached hydrogens (tertiary/aromatic N) is 2. The molecule has 0 aliphatic carbocycles. The number of nitrogens with one attached hydrogen (secondary N) is 1. The molecule has 7 heteroatoms. The van der Waals surface area contributed by atoms with Crippen LogP contribution in [0.3, 0.4) is 0 Å². The van der Waals surface area contributed by atoms with Crippen LogP contribution in [0.4, 0.5) is 5.69 Å². The first-order chi connectivity index (χ1) is 13.6. The summed E-state index contributed by atoms with van der Waals surface area (Å²) in [4.78, 5) is 24.7. The molecule has 0 saturated carbocycles. The lowest BCUT2D eigenvalue weighted by atomic mass is 10.1. The van der Waals surface area contributed by atoms with Crippen molar-refractivity contribution in [3.63, 3.8) is 0 Å². The van der Waals surface area contributed by atoms with E-state index in [0.29, 0.717) is 30.8 Å². The van der Waals surface area contributed by atoms with Crippen LogP contribution in [-0.4, -0.2) is 30.9 Å². The summed E-state index contributed by atoms with van der Waals surface area (Å²) in [6.07, 6.45) is 1.27. The lowest BCUT2D eigenvalue weighted by Crippen LogP contribution is -2.39. The molecule has 4 rings (SSSR count). The SMILES string of the molecule is Cc1cccc(N2N=C(C(=O)NCCc3ccc4c(c3)OCO4)CCC2=O)c1. The van der Waals surface area contributed by atoms with Crippen LogP contribution in [0.25, 0.3) is 0 Å². The van der Waals surface area contributed by atoms with Crippen molar-refractivity contribution in [1.82, 2.24) is 5.32 Å². The molecule has 1 N–H and O–H groups in total. The van der Waals surface area contributed by atoms with Crippen molar-refractivity contribution in [2.45, 2.75) is 26.2 Å². The number of anilines is 1. The third-order valence-electron chi connectivity index (χ3n) is 4.68. The number of fused-ring (bicyclic) bond motifs is 1. The number of rotatable bonds is 5. The predicted octanol–water partition coefficient (Wildman–Crippen LogP) is 2.57. The first-order valence-electron chi connectivity index (χ1n) is 9.24. The first kappa shape index (κ1) is 18.0. The molecule has 2 amide bonds. The van der Waals surface area contributed by atoms with E-state index < -0.39 is 0 Å². The summed E-state index contributed by atoms with van der Waals surface area (Å²) in [6, 6.07) is 13.3. The summed E-state index contributed by atoms with van der Waals surface area (Å²) in [6.45, 7) is 2.66. The Kier molecular flexibility index (Phi) is 4.97. The Morgan fingerprint density at radius 3 is 2.86 bits per heavy atom. The van der Waals surface area contributed by atoms with E-state index >= 15 is 0 Å². The van der Waals surface area contributed by atoms with Gasteiger partial charge in [0.15, 0.2) is 11.5 Å². The third-order valence-corrected chi connectivity index (χ3v) is 4.68. The van der Waals surface area contributed by atoms with Crippen molar-refractivity contribution in [2.75, 3.05) is 18.3 Å². The molecule has 7 nitrogen and oxygen atoms in total. The highest BCUT2D eigenvalue weighted by atomic mass is 16.7. The molecule has 2 aromatic rings. The Labute approximate surface area is 162 Å². The highest BCUT2D eigenvalue weighted by Gasteiger charge is 2.25. The Morgan fingerprint density at radius 1 is 1.14 bits per heavy atom. The third kappa shape index (κ3) is 3.83. The molecule has 0 spiro atoms. The zero-order chi connectivity index (χ0) is 19.5. The van der Waals surface area contributed by atoms with Gasteiger partial charge >= 0.3 is 0 Å². The summed E-state index contributed by atoms with van der Waals surface area (Å²) in [7, 11) is 0. The normalized spacial score (nSPS) is 15.4. The van der Waals surface area contributed by atoms with E-state index in [1.807, 2.05) is 49.4 Å². The van der Waals surface area contributed by atoms with Gasteiger partial charge in [0, 0.05) is 19.4 Å². The van der Waals surface area contributed by atoms with E-state index in [4.69, 9.17) is 9.47 Å². The molecule has 28 heavy (non-hydrogen) atoms. The number of aryl methyl sites for hydroxylation is 1. The number of amides is 2. The number of carbonyl (C=O) groups is 2. The number of ether oxygens (including phenoxy) is 2. The van der Waals surface area contributed by atoms with Crippen LogP contribution >= 0.6 is 0 Å². The van der Waals surface area contributed by atoms with Crippen molar-refractivity contribution in [3.05, 3.63) is 53.6 Å². The Balaban J connectivity index is 1.38. The molecule has 0 saturated heterocycles. The Bertz CT molecular complexity index is 954. The van der Waals surface area contributed by atoms with E-state index in [-0.39, 0.29) is 25.0 Å². The van der Waals surface area contributed by atoms with Gasteiger partial charge in [-0.3, -0.25) is 9.59 Å². The second kappa shape index (κ2) is 7.72. The van der Waals surface area contributed by atoms with E-state index in [1.165, 1.54) is 5.01 Å². The zero-order valence-corrected chi connectivity index (χ0v) is 15.6. The van der Waals surface area contributed by atoms with Gasteiger partial charge in [-0.15, -0.1) is 0 Å². The van der Waals surface area contributed by atoms with Crippen LogP contribution in [0.1, 0.15) is 24.0 Å².